The Hall–Kier alpha value is -2.73. The number of phenolic OH excluding ortho intramolecular Hbond substituents is 2. The average molecular weight is 324 g/mol. The first-order chi connectivity index (χ1) is 10.4. The molecule has 0 aliphatic carbocycles. The lowest BCUT2D eigenvalue weighted by Crippen LogP contribution is -2.12. The highest BCUT2D eigenvalue weighted by atomic mass is 35.5. The van der Waals surface area contributed by atoms with Gasteiger partial charge in [-0.3, -0.25) is 4.79 Å². The van der Waals surface area contributed by atoms with E-state index in [4.69, 9.17) is 21.8 Å². The van der Waals surface area contributed by atoms with E-state index < -0.39 is 11.9 Å². The van der Waals surface area contributed by atoms with Crippen molar-refractivity contribution in [1.29, 1.82) is 0 Å². The molecule has 0 heterocycles. The Morgan fingerprint density at radius 3 is 2.18 bits per heavy atom. The van der Waals surface area contributed by atoms with Gasteiger partial charge in [0.1, 0.15) is 17.4 Å². The summed E-state index contributed by atoms with van der Waals surface area (Å²) in [6.07, 6.45) is 0. The number of amides is 1. The first kappa shape index (κ1) is 17.3. The molecule has 22 heavy (non-hydrogen) atoms. The van der Waals surface area contributed by atoms with Crippen molar-refractivity contribution in [3.63, 3.8) is 0 Å². The van der Waals surface area contributed by atoms with Gasteiger partial charge in [0.05, 0.1) is 11.3 Å². The molecule has 2 aromatic carbocycles. The van der Waals surface area contributed by atoms with Gasteiger partial charge < -0.3 is 20.6 Å². The Balaban J connectivity index is 0.000000235. The van der Waals surface area contributed by atoms with Crippen molar-refractivity contribution in [2.45, 2.75) is 0 Å². The lowest BCUT2D eigenvalue weighted by Gasteiger charge is -2.05. The number of nitrogens with one attached hydrogen (secondary N) is 1. The SMILES string of the molecule is O=C(CCl)Nc1cc(O)ccc1O.O=C(O)c1ccccc1. The molecule has 0 radical (unpaired) electrons. The number of hydrogen-bond acceptors (Lipinski definition) is 4. The van der Waals surface area contributed by atoms with E-state index in [0.717, 1.165) is 0 Å². The summed E-state index contributed by atoms with van der Waals surface area (Å²) in [4.78, 5) is 21.0. The summed E-state index contributed by atoms with van der Waals surface area (Å²) in [5, 5.41) is 28.9. The van der Waals surface area contributed by atoms with Crippen LogP contribution in [0.1, 0.15) is 10.4 Å². The molecule has 6 nitrogen and oxygen atoms in total. The van der Waals surface area contributed by atoms with Crippen molar-refractivity contribution in [2.24, 2.45) is 0 Å². The van der Waals surface area contributed by atoms with E-state index in [9.17, 15) is 14.7 Å². The maximum atomic E-state index is 10.8. The highest BCUT2D eigenvalue weighted by Gasteiger charge is 2.05. The van der Waals surface area contributed by atoms with Gasteiger partial charge in [-0.1, -0.05) is 18.2 Å². The fourth-order valence-corrected chi connectivity index (χ4v) is 1.46. The molecule has 0 unspecified atom stereocenters. The molecule has 0 aliphatic heterocycles. The zero-order chi connectivity index (χ0) is 16.5. The van der Waals surface area contributed by atoms with Gasteiger partial charge in [-0.25, -0.2) is 4.79 Å². The topological polar surface area (TPSA) is 107 Å². The quantitative estimate of drug-likeness (QED) is 0.394. The Morgan fingerprint density at radius 1 is 1.05 bits per heavy atom. The van der Waals surface area contributed by atoms with Gasteiger partial charge in [0.15, 0.2) is 0 Å². The first-order valence-electron chi connectivity index (χ1n) is 6.10. The zero-order valence-corrected chi connectivity index (χ0v) is 12.1. The lowest BCUT2D eigenvalue weighted by atomic mass is 10.2. The van der Waals surface area contributed by atoms with Gasteiger partial charge in [-0.15, -0.1) is 11.6 Å². The Labute approximate surface area is 131 Å². The second-order valence-electron chi connectivity index (χ2n) is 4.05. The van der Waals surface area contributed by atoms with E-state index in [1.807, 2.05) is 0 Å². The lowest BCUT2D eigenvalue weighted by molar-refractivity contribution is -0.113. The molecule has 7 heteroatoms. The second kappa shape index (κ2) is 8.53. The van der Waals surface area contributed by atoms with E-state index in [2.05, 4.69) is 5.32 Å². The van der Waals surface area contributed by atoms with Crippen LogP contribution in [0.15, 0.2) is 48.5 Å². The standard InChI is InChI=1S/C8H8ClNO3.C7H6O2/c9-4-8(13)10-6-3-5(11)1-2-7(6)12;8-7(9)6-4-2-1-3-5-6/h1-3,11-12H,4H2,(H,10,13);1-5H,(H,8,9). The number of carbonyl (C=O) groups excluding carboxylic acids is 1. The molecule has 0 saturated heterocycles. The Bertz CT molecular complexity index is 646. The van der Waals surface area contributed by atoms with Crippen LogP contribution in [0.4, 0.5) is 5.69 Å². The third-order valence-corrected chi connectivity index (χ3v) is 2.64. The number of carbonyl (C=O) groups is 2. The smallest absolute Gasteiger partial charge is 0.335 e. The predicted molar refractivity (Wildman–Crippen MR) is 82.5 cm³/mol. The molecule has 2 aromatic rings. The summed E-state index contributed by atoms with van der Waals surface area (Å²) in [6, 6.07) is 12.1. The van der Waals surface area contributed by atoms with Crippen molar-refractivity contribution in [1.82, 2.24) is 0 Å². The van der Waals surface area contributed by atoms with Gasteiger partial charge in [-0.2, -0.15) is 0 Å². The molecule has 1 amide bonds. The maximum Gasteiger partial charge on any atom is 0.335 e. The summed E-state index contributed by atoms with van der Waals surface area (Å²) in [6.45, 7) is 0. The van der Waals surface area contributed by atoms with Crippen LogP contribution in [0.2, 0.25) is 0 Å². The number of carboxylic acid groups (broad SMARTS) is 1. The van der Waals surface area contributed by atoms with Crippen LogP contribution >= 0.6 is 11.6 Å². The van der Waals surface area contributed by atoms with Crippen molar-refractivity contribution in [3.8, 4) is 11.5 Å². The number of hydrogen-bond donors (Lipinski definition) is 4. The predicted octanol–water partition coefficient (Wildman–Crippen LogP) is 2.66. The third-order valence-electron chi connectivity index (χ3n) is 2.40. The number of carboxylic acids is 1. The van der Waals surface area contributed by atoms with Crippen molar-refractivity contribution >= 4 is 29.2 Å². The number of rotatable bonds is 3. The minimum atomic E-state index is -0.879. The number of halogens is 1. The molecule has 0 bridgehead atoms. The van der Waals surface area contributed by atoms with Crippen LogP contribution in [0.3, 0.4) is 0 Å². The summed E-state index contributed by atoms with van der Waals surface area (Å²) < 4.78 is 0. The van der Waals surface area contributed by atoms with E-state index in [0.29, 0.717) is 5.56 Å². The van der Waals surface area contributed by atoms with E-state index in [-0.39, 0.29) is 23.1 Å². The number of anilines is 1. The number of phenols is 2. The molecule has 0 fully saturated rings. The fraction of sp³-hybridized carbons (Fsp3) is 0.0667. The molecule has 0 aromatic heterocycles. The van der Waals surface area contributed by atoms with Crippen LogP contribution in [0, 0.1) is 0 Å². The summed E-state index contributed by atoms with van der Waals surface area (Å²) in [5.41, 5.74) is 0.475. The fourth-order valence-electron chi connectivity index (χ4n) is 1.39. The molecule has 4 N–H and O–H groups in total. The van der Waals surface area contributed by atoms with Gasteiger partial charge >= 0.3 is 5.97 Å². The number of aromatic hydroxyl groups is 2. The molecule has 2 rings (SSSR count). The minimum absolute atomic E-state index is 0.0392. The third kappa shape index (κ3) is 5.72. The highest BCUT2D eigenvalue weighted by molar-refractivity contribution is 6.29. The van der Waals surface area contributed by atoms with Gasteiger partial charge in [-0.05, 0) is 24.3 Å². The summed E-state index contributed by atoms with van der Waals surface area (Å²) >= 11 is 5.24. The summed E-state index contributed by atoms with van der Waals surface area (Å²) in [7, 11) is 0. The van der Waals surface area contributed by atoms with Crippen LogP contribution in [-0.4, -0.2) is 33.1 Å². The second-order valence-corrected chi connectivity index (χ2v) is 4.32. The highest BCUT2D eigenvalue weighted by Crippen LogP contribution is 2.26. The molecule has 0 spiro atoms. The largest absolute Gasteiger partial charge is 0.508 e. The molecular weight excluding hydrogens is 310 g/mol. The van der Waals surface area contributed by atoms with Gasteiger partial charge in [0.2, 0.25) is 5.91 Å². The molecule has 0 atom stereocenters. The Morgan fingerprint density at radius 2 is 1.68 bits per heavy atom. The van der Waals surface area contributed by atoms with Crippen molar-refractivity contribution in [2.75, 3.05) is 11.2 Å². The minimum Gasteiger partial charge on any atom is -0.508 e. The average Bonchev–Trinajstić information content (AvgIpc) is 2.52. The number of benzene rings is 2. The molecule has 0 aliphatic rings. The van der Waals surface area contributed by atoms with E-state index in [1.54, 1.807) is 30.3 Å². The number of aromatic carboxylic acids is 1. The first-order valence-corrected chi connectivity index (χ1v) is 6.63. The monoisotopic (exact) mass is 323 g/mol. The van der Waals surface area contributed by atoms with Gasteiger partial charge in [0, 0.05) is 6.07 Å². The van der Waals surface area contributed by atoms with Crippen LogP contribution in [0.25, 0.3) is 0 Å². The normalized spacial score (nSPS) is 9.32. The van der Waals surface area contributed by atoms with Crippen LogP contribution in [0.5, 0.6) is 11.5 Å². The van der Waals surface area contributed by atoms with Gasteiger partial charge in [0.25, 0.3) is 0 Å². The molecule has 116 valence electrons. The Kier molecular flexibility index (Phi) is 6.72. The van der Waals surface area contributed by atoms with Crippen LogP contribution < -0.4 is 5.32 Å². The van der Waals surface area contributed by atoms with E-state index in [1.165, 1.54) is 18.2 Å². The van der Waals surface area contributed by atoms with Crippen molar-refractivity contribution in [3.05, 3.63) is 54.1 Å². The van der Waals surface area contributed by atoms with Crippen LogP contribution in [-0.2, 0) is 4.79 Å². The molecule has 0 saturated carbocycles. The number of alkyl halides is 1. The molecular formula is C15H14ClNO5. The van der Waals surface area contributed by atoms with Crippen molar-refractivity contribution < 1.29 is 24.9 Å². The van der Waals surface area contributed by atoms with E-state index >= 15 is 0 Å². The summed E-state index contributed by atoms with van der Waals surface area (Å²) in [5.74, 6) is -1.67. The zero-order valence-electron chi connectivity index (χ0n) is 11.4. The maximum absolute atomic E-state index is 10.8.